The van der Waals surface area contributed by atoms with E-state index in [2.05, 4.69) is 6.58 Å². The summed E-state index contributed by atoms with van der Waals surface area (Å²) in [5.74, 6) is -0.0220. The summed E-state index contributed by atoms with van der Waals surface area (Å²) >= 11 is 0. The largest absolute Gasteiger partial charge is 0.298 e. The zero-order chi connectivity index (χ0) is 9.47. The van der Waals surface area contributed by atoms with Crippen molar-refractivity contribution in [2.45, 2.75) is 12.8 Å². The minimum absolute atomic E-state index is 0.0110. The smallest absolute Gasteiger partial charge is 0.155 e. The van der Waals surface area contributed by atoms with Crippen molar-refractivity contribution in [3.63, 3.8) is 0 Å². The van der Waals surface area contributed by atoms with Crippen LogP contribution in [-0.2, 0) is 9.59 Å². The van der Waals surface area contributed by atoms with Crippen molar-refractivity contribution in [1.29, 1.82) is 0 Å². The molecule has 0 N–H and O–H groups in total. The van der Waals surface area contributed by atoms with Crippen LogP contribution in [0.3, 0.4) is 0 Å². The Labute approximate surface area is 76.6 Å². The molecule has 2 aliphatic rings. The lowest BCUT2D eigenvalue weighted by Crippen LogP contribution is -2.32. The van der Waals surface area contributed by atoms with Crippen LogP contribution in [0.2, 0.25) is 0 Å². The quantitative estimate of drug-likeness (QED) is 0.522. The molecule has 0 aromatic rings. The molecule has 0 heterocycles. The van der Waals surface area contributed by atoms with Gasteiger partial charge in [0.25, 0.3) is 0 Å². The van der Waals surface area contributed by atoms with E-state index in [4.69, 9.17) is 0 Å². The molecule has 2 nitrogen and oxygen atoms in total. The number of ketones is 2. The van der Waals surface area contributed by atoms with Gasteiger partial charge in [0.1, 0.15) is 5.41 Å². The van der Waals surface area contributed by atoms with E-state index in [1.165, 1.54) is 0 Å². The van der Waals surface area contributed by atoms with Crippen molar-refractivity contribution in [2.75, 3.05) is 0 Å². The van der Waals surface area contributed by atoms with Crippen LogP contribution in [-0.4, -0.2) is 11.6 Å². The molecular formula is C11H10O2. The maximum atomic E-state index is 11.6. The molecule has 1 saturated carbocycles. The molecule has 0 radical (unpaired) electrons. The summed E-state index contributed by atoms with van der Waals surface area (Å²) in [5.41, 5.74) is -0.378. The van der Waals surface area contributed by atoms with E-state index in [1.54, 1.807) is 24.3 Å². The highest BCUT2D eigenvalue weighted by Gasteiger charge is 2.49. The first-order valence-electron chi connectivity index (χ1n) is 4.30. The Kier molecular flexibility index (Phi) is 1.59. The first kappa shape index (κ1) is 8.17. The summed E-state index contributed by atoms with van der Waals surface area (Å²) < 4.78 is 0. The van der Waals surface area contributed by atoms with Crippen molar-refractivity contribution in [3.8, 4) is 0 Å². The number of Topliss-reactive ketones (excluding diaryl/α,β-unsaturated/α-hetero) is 2. The predicted octanol–water partition coefficient (Wildman–Crippen LogP) is 1.59. The lowest BCUT2D eigenvalue weighted by atomic mass is 9.75. The normalized spacial score (nSPS) is 24.8. The topological polar surface area (TPSA) is 34.1 Å². The summed E-state index contributed by atoms with van der Waals surface area (Å²) in [4.78, 5) is 23.2. The second kappa shape index (κ2) is 2.52. The summed E-state index contributed by atoms with van der Waals surface area (Å²) in [6.45, 7) is 3.77. The van der Waals surface area contributed by atoms with Gasteiger partial charge < -0.3 is 0 Å². The molecule has 0 saturated heterocycles. The summed E-state index contributed by atoms with van der Waals surface area (Å²) in [6, 6.07) is 0. The van der Waals surface area contributed by atoms with Crippen LogP contribution in [0, 0.1) is 5.41 Å². The number of allylic oxidation sites excluding steroid dienone is 5. The Morgan fingerprint density at radius 1 is 1.15 bits per heavy atom. The molecule has 2 aliphatic carbocycles. The molecule has 13 heavy (non-hydrogen) atoms. The molecule has 0 atom stereocenters. The van der Waals surface area contributed by atoms with Gasteiger partial charge in [0.15, 0.2) is 11.6 Å². The highest BCUT2D eigenvalue weighted by Crippen LogP contribution is 2.41. The molecule has 0 aromatic heterocycles. The standard InChI is InChI=1S/C11H10O2/c1-8-4-2-3-7-11(8)9(12)5-6-10(11)13/h2-4,7H,1,5-6H2. The van der Waals surface area contributed by atoms with Crippen molar-refractivity contribution in [2.24, 2.45) is 5.41 Å². The zero-order valence-electron chi connectivity index (χ0n) is 7.25. The molecule has 0 aliphatic heterocycles. The highest BCUT2D eigenvalue weighted by molar-refractivity contribution is 6.17. The third-order valence-corrected chi connectivity index (χ3v) is 2.72. The zero-order valence-corrected chi connectivity index (χ0v) is 7.25. The van der Waals surface area contributed by atoms with Crippen molar-refractivity contribution in [3.05, 3.63) is 36.5 Å². The van der Waals surface area contributed by atoms with Crippen LogP contribution in [0.15, 0.2) is 36.5 Å². The summed E-state index contributed by atoms with van der Waals surface area (Å²) in [5, 5.41) is 0. The highest BCUT2D eigenvalue weighted by atomic mass is 16.2. The second-order valence-electron chi connectivity index (χ2n) is 3.40. The number of rotatable bonds is 0. The van der Waals surface area contributed by atoms with Gasteiger partial charge in [0.05, 0.1) is 0 Å². The van der Waals surface area contributed by atoms with E-state index in [9.17, 15) is 9.59 Å². The third kappa shape index (κ3) is 0.886. The maximum Gasteiger partial charge on any atom is 0.155 e. The molecular weight excluding hydrogens is 164 g/mol. The van der Waals surface area contributed by atoms with E-state index >= 15 is 0 Å². The Morgan fingerprint density at radius 2 is 1.77 bits per heavy atom. The molecule has 66 valence electrons. The van der Waals surface area contributed by atoms with Crippen molar-refractivity contribution in [1.82, 2.24) is 0 Å². The molecule has 0 unspecified atom stereocenters. The van der Waals surface area contributed by atoms with E-state index in [1.807, 2.05) is 0 Å². The van der Waals surface area contributed by atoms with Crippen molar-refractivity contribution >= 4 is 11.6 Å². The van der Waals surface area contributed by atoms with Gasteiger partial charge in [-0.2, -0.15) is 0 Å². The van der Waals surface area contributed by atoms with Gasteiger partial charge in [-0.15, -0.1) is 0 Å². The van der Waals surface area contributed by atoms with Crippen LogP contribution in [0.1, 0.15) is 12.8 Å². The first-order valence-corrected chi connectivity index (χ1v) is 4.30. The van der Waals surface area contributed by atoms with Gasteiger partial charge in [-0.25, -0.2) is 0 Å². The Hall–Kier alpha value is -1.44. The van der Waals surface area contributed by atoms with Crippen LogP contribution in [0.25, 0.3) is 0 Å². The summed E-state index contributed by atoms with van der Waals surface area (Å²) in [7, 11) is 0. The molecule has 0 bridgehead atoms. The van der Waals surface area contributed by atoms with E-state index in [0.29, 0.717) is 18.4 Å². The van der Waals surface area contributed by atoms with Crippen LogP contribution >= 0.6 is 0 Å². The number of carbonyl (C=O) groups is 2. The lowest BCUT2D eigenvalue weighted by molar-refractivity contribution is -0.129. The van der Waals surface area contributed by atoms with Gasteiger partial charge in [-0.1, -0.05) is 30.9 Å². The molecule has 2 rings (SSSR count). The minimum Gasteiger partial charge on any atom is -0.298 e. The second-order valence-corrected chi connectivity index (χ2v) is 3.40. The summed E-state index contributed by atoms with van der Waals surface area (Å²) in [6.07, 6.45) is 7.67. The fraction of sp³-hybridized carbons (Fsp3) is 0.273. The Bertz CT molecular complexity index is 342. The van der Waals surface area contributed by atoms with Crippen LogP contribution in [0.5, 0.6) is 0 Å². The third-order valence-electron chi connectivity index (χ3n) is 2.72. The van der Waals surface area contributed by atoms with Crippen LogP contribution < -0.4 is 0 Å². The van der Waals surface area contributed by atoms with E-state index in [-0.39, 0.29) is 11.6 Å². The van der Waals surface area contributed by atoms with E-state index < -0.39 is 5.41 Å². The van der Waals surface area contributed by atoms with Gasteiger partial charge in [0, 0.05) is 12.8 Å². The number of carbonyl (C=O) groups excluding carboxylic acids is 2. The predicted molar refractivity (Wildman–Crippen MR) is 49.1 cm³/mol. The minimum atomic E-state index is -0.991. The van der Waals surface area contributed by atoms with Crippen LogP contribution in [0.4, 0.5) is 0 Å². The Morgan fingerprint density at radius 3 is 2.31 bits per heavy atom. The van der Waals surface area contributed by atoms with E-state index in [0.717, 1.165) is 0 Å². The molecule has 0 aromatic carbocycles. The lowest BCUT2D eigenvalue weighted by Gasteiger charge is -2.24. The SMILES string of the molecule is C=C1C=CC=CC12C(=O)CCC2=O. The molecule has 1 spiro atoms. The van der Waals surface area contributed by atoms with Gasteiger partial charge in [-0.3, -0.25) is 9.59 Å². The number of hydrogen-bond acceptors (Lipinski definition) is 2. The van der Waals surface area contributed by atoms with Gasteiger partial charge in [-0.05, 0) is 5.57 Å². The Balaban J connectivity index is 2.55. The van der Waals surface area contributed by atoms with Crippen molar-refractivity contribution < 1.29 is 9.59 Å². The average molecular weight is 174 g/mol. The molecule has 0 amide bonds. The fourth-order valence-corrected chi connectivity index (χ4v) is 1.93. The number of hydrogen-bond donors (Lipinski definition) is 0. The molecule has 2 heteroatoms. The monoisotopic (exact) mass is 174 g/mol. The van der Waals surface area contributed by atoms with Gasteiger partial charge in [0.2, 0.25) is 0 Å². The average Bonchev–Trinajstić information content (AvgIpc) is 2.39. The van der Waals surface area contributed by atoms with Gasteiger partial charge >= 0.3 is 0 Å². The fourth-order valence-electron chi connectivity index (χ4n) is 1.93. The maximum absolute atomic E-state index is 11.6. The first-order chi connectivity index (χ1) is 6.18. The molecule has 1 fully saturated rings.